The molecule has 2 aromatic rings. The molecule has 1 aliphatic rings. The van der Waals surface area contributed by atoms with Crippen molar-refractivity contribution in [1.29, 1.82) is 0 Å². The summed E-state index contributed by atoms with van der Waals surface area (Å²) in [7, 11) is 0. The van der Waals surface area contributed by atoms with Crippen LogP contribution in [0.3, 0.4) is 0 Å². The van der Waals surface area contributed by atoms with E-state index in [9.17, 15) is 0 Å². The molecule has 0 nitrogen and oxygen atoms in total. The van der Waals surface area contributed by atoms with Gasteiger partial charge in [0.05, 0.1) is 0 Å². The van der Waals surface area contributed by atoms with Gasteiger partial charge in [-0.2, -0.15) is 0 Å². The summed E-state index contributed by atoms with van der Waals surface area (Å²) < 4.78 is 0. The molecule has 0 fully saturated rings. The van der Waals surface area contributed by atoms with Crippen LogP contribution in [-0.4, -0.2) is 23.1 Å². The average molecular weight is 246 g/mol. The molecular weight excluding hydrogens is 228 g/mol. The Kier molecular flexibility index (Phi) is 4.25. The molecule has 1 radical (unpaired) electrons. The van der Waals surface area contributed by atoms with E-state index in [-0.39, 0.29) is 23.1 Å². The molecule has 0 atom stereocenters. The summed E-state index contributed by atoms with van der Waals surface area (Å²) in [5, 5.41) is 0. The standard InChI is InChI=1S/C17H15.Mg.2H/c1-2-13-11-15-9-6-10-16(17(15)12-13)14-7-4-3-5-8-14;;;/h3-12H,2H2,1H3;;;. The predicted octanol–water partition coefficient (Wildman–Crippen LogP) is 3.80. The van der Waals surface area contributed by atoms with Crippen molar-refractivity contribution in [2.24, 2.45) is 0 Å². The molecule has 0 saturated carbocycles. The highest BCUT2D eigenvalue weighted by Crippen LogP contribution is 2.35. The lowest BCUT2D eigenvalue weighted by Gasteiger charge is -2.07. The molecule has 0 unspecified atom stereocenters. The van der Waals surface area contributed by atoms with Crippen LogP contribution in [0.1, 0.15) is 24.5 Å². The first kappa shape index (κ1) is 13.4. The van der Waals surface area contributed by atoms with Crippen LogP contribution in [0.5, 0.6) is 0 Å². The molecule has 0 spiro atoms. The summed E-state index contributed by atoms with van der Waals surface area (Å²) in [4.78, 5) is 0. The summed E-state index contributed by atoms with van der Waals surface area (Å²) in [5.74, 6) is 0. The van der Waals surface area contributed by atoms with Crippen LogP contribution < -0.4 is 0 Å². The Morgan fingerprint density at radius 2 is 1.67 bits per heavy atom. The van der Waals surface area contributed by atoms with Crippen molar-refractivity contribution in [2.75, 3.05) is 0 Å². The number of hydrogen-bond acceptors (Lipinski definition) is 0. The maximum Gasteiger partial charge on any atom is 0.316 e. The summed E-state index contributed by atoms with van der Waals surface area (Å²) in [6.07, 6.45) is 5.71. The number of rotatable bonds is 2. The summed E-state index contributed by atoms with van der Waals surface area (Å²) >= 11 is 0. The van der Waals surface area contributed by atoms with Crippen molar-refractivity contribution in [3.8, 4) is 11.1 Å². The summed E-state index contributed by atoms with van der Waals surface area (Å²) in [6.45, 7) is 2.20. The first-order valence-corrected chi connectivity index (χ1v) is 6.12. The zero-order valence-corrected chi connectivity index (χ0v) is 9.98. The van der Waals surface area contributed by atoms with Crippen LogP contribution in [0.15, 0.2) is 54.1 Å². The lowest BCUT2D eigenvalue weighted by atomic mass is 9.97. The maximum absolute atomic E-state index is 2.32. The van der Waals surface area contributed by atoms with Crippen LogP contribution in [0.2, 0.25) is 0 Å². The Labute approximate surface area is 125 Å². The zero-order valence-electron chi connectivity index (χ0n) is 9.98. The van der Waals surface area contributed by atoms with Crippen molar-refractivity contribution >= 4 is 29.1 Å². The van der Waals surface area contributed by atoms with E-state index in [2.05, 4.69) is 68.0 Å². The molecule has 0 aromatic heterocycles. The minimum atomic E-state index is 0. The molecule has 0 heterocycles. The third-order valence-electron chi connectivity index (χ3n) is 3.30. The lowest BCUT2D eigenvalue weighted by molar-refractivity contribution is 1.14. The molecule has 0 amide bonds. The normalized spacial score (nSPS) is 12.6. The Morgan fingerprint density at radius 3 is 2.39 bits per heavy atom. The van der Waals surface area contributed by atoms with Gasteiger partial charge in [-0.25, -0.2) is 0 Å². The van der Waals surface area contributed by atoms with Gasteiger partial charge in [0.25, 0.3) is 0 Å². The van der Waals surface area contributed by atoms with E-state index in [1.165, 1.54) is 27.8 Å². The molecule has 3 rings (SSSR count). The van der Waals surface area contributed by atoms with Gasteiger partial charge >= 0.3 is 23.1 Å². The van der Waals surface area contributed by atoms with Gasteiger partial charge in [0.2, 0.25) is 0 Å². The first-order valence-electron chi connectivity index (χ1n) is 6.12. The average Bonchev–Trinajstić information content (AvgIpc) is 2.82. The molecular formula is C17H17Mg. The number of fused-ring (bicyclic) bond motifs is 1. The third kappa shape index (κ3) is 2.38. The Balaban J connectivity index is 0.00000120. The molecule has 2 aromatic carbocycles. The van der Waals surface area contributed by atoms with E-state index < -0.39 is 0 Å². The van der Waals surface area contributed by atoms with Gasteiger partial charge in [0.15, 0.2) is 0 Å². The molecule has 0 aliphatic heterocycles. The molecule has 0 saturated heterocycles. The fraction of sp³-hybridized carbons (Fsp3) is 0.118. The Morgan fingerprint density at radius 1 is 0.889 bits per heavy atom. The number of allylic oxidation sites excluding steroid dienone is 1. The molecule has 0 N–H and O–H groups in total. The van der Waals surface area contributed by atoms with Crippen molar-refractivity contribution in [1.82, 2.24) is 0 Å². The van der Waals surface area contributed by atoms with Crippen LogP contribution in [0.4, 0.5) is 0 Å². The van der Waals surface area contributed by atoms with Crippen LogP contribution >= 0.6 is 0 Å². The fourth-order valence-corrected chi connectivity index (χ4v) is 2.37. The van der Waals surface area contributed by atoms with Crippen molar-refractivity contribution in [3.05, 3.63) is 71.7 Å². The second-order valence-electron chi connectivity index (χ2n) is 4.39. The second-order valence-corrected chi connectivity index (χ2v) is 4.39. The minimum absolute atomic E-state index is 0. The quantitative estimate of drug-likeness (QED) is 0.706. The topological polar surface area (TPSA) is 0 Å². The van der Waals surface area contributed by atoms with Crippen LogP contribution in [-0.2, 0) is 0 Å². The largest absolute Gasteiger partial charge is 0.316 e. The zero-order chi connectivity index (χ0) is 11.7. The van der Waals surface area contributed by atoms with E-state index in [1.54, 1.807) is 0 Å². The van der Waals surface area contributed by atoms with E-state index in [0.29, 0.717) is 0 Å². The van der Waals surface area contributed by atoms with Gasteiger partial charge in [0, 0.05) is 6.42 Å². The van der Waals surface area contributed by atoms with Crippen molar-refractivity contribution < 1.29 is 0 Å². The Hall–Kier alpha value is -1.05. The number of benzene rings is 2. The molecule has 1 heteroatoms. The summed E-state index contributed by atoms with van der Waals surface area (Å²) in [5.41, 5.74) is 6.77. The van der Waals surface area contributed by atoms with Gasteiger partial charge in [-0.3, -0.25) is 0 Å². The minimum Gasteiger partial charge on any atom is -0.0622 e. The van der Waals surface area contributed by atoms with Crippen molar-refractivity contribution in [3.63, 3.8) is 0 Å². The van der Waals surface area contributed by atoms with Gasteiger partial charge in [-0.05, 0) is 28.7 Å². The van der Waals surface area contributed by atoms with E-state index in [4.69, 9.17) is 0 Å². The SMILES string of the molecule is CCC1=Cc2c(cccc2-c2ccccc2)[CH]1.[MgH2]. The Bertz CT molecular complexity index is 567. The van der Waals surface area contributed by atoms with Gasteiger partial charge in [0.1, 0.15) is 0 Å². The van der Waals surface area contributed by atoms with Gasteiger partial charge in [-0.15, -0.1) is 0 Å². The monoisotopic (exact) mass is 245 g/mol. The van der Waals surface area contributed by atoms with Crippen LogP contribution in [0.25, 0.3) is 17.2 Å². The molecule has 18 heavy (non-hydrogen) atoms. The van der Waals surface area contributed by atoms with E-state index >= 15 is 0 Å². The lowest BCUT2D eigenvalue weighted by Crippen LogP contribution is -1.85. The highest BCUT2D eigenvalue weighted by molar-refractivity contribution is 5.83. The van der Waals surface area contributed by atoms with Gasteiger partial charge < -0.3 is 0 Å². The second kappa shape index (κ2) is 5.72. The smallest absolute Gasteiger partial charge is 0.0622 e. The highest BCUT2D eigenvalue weighted by Gasteiger charge is 2.15. The fourth-order valence-electron chi connectivity index (χ4n) is 2.37. The molecule has 0 bridgehead atoms. The van der Waals surface area contributed by atoms with Crippen molar-refractivity contribution in [2.45, 2.75) is 13.3 Å². The predicted molar refractivity (Wildman–Crippen MR) is 82.1 cm³/mol. The maximum atomic E-state index is 2.32. The summed E-state index contributed by atoms with van der Waals surface area (Å²) in [6, 6.07) is 17.1. The van der Waals surface area contributed by atoms with Crippen LogP contribution in [0, 0.1) is 6.42 Å². The van der Waals surface area contributed by atoms with E-state index in [0.717, 1.165) is 6.42 Å². The number of hydrogen-bond donors (Lipinski definition) is 0. The molecule has 1 aliphatic carbocycles. The first-order chi connectivity index (χ1) is 8.38. The van der Waals surface area contributed by atoms with E-state index in [1.807, 2.05) is 0 Å². The van der Waals surface area contributed by atoms with Gasteiger partial charge in [-0.1, -0.05) is 67.1 Å². The highest BCUT2D eigenvalue weighted by atomic mass is 24.3. The third-order valence-corrected chi connectivity index (χ3v) is 3.30. The molecule has 87 valence electrons.